The molecule has 0 N–H and O–H groups in total. The lowest BCUT2D eigenvalue weighted by Crippen LogP contribution is -2.25. The molecule has 0 bridgehead atoms. The Balaban J connectivity index is 6.73. The van der Waals surface area contributed by atoms with Crippen LogP contribution in [-0.4, -0.2) is 52.2 Å². The van der Waals surface area contributed by atoms with Gasteiger partial charge in [0, 0.05) is 12.8 Å². The van der Waals surface area contributed by atoms with E-state index in [2.05, 4.69) is 55.4 Å². The highest BCUT2D eigenvalue weighted by Crippen LogP contribution is 2.29. The molecule has 448 valence electrons. The van der Waals surface area contributed by atoms with Crippen molar-refractivity contribution in [3.05, 3.63) is 23.0 Å². The van der Waals surface area contributed by atoms with Crippen LogP contribution in [0.4, 0.5) is 0 Å². The molecule has 2 unspecified atom stereocenters. The van der Waals surface area contributed by atoms with Crippen molar-refractivity contribution in [2.75, 3.05) is 40.0 Å². The van der Waals surface area contributed by atoms with Crippen molar-refractivity contribution < 1.29 is 33.2 Å². The maximum absolute atomic E-state index is 6.95. The molecule has 0 saturated carbocycles. The van der Waals surface area contributed by atoms with E-state index in [0.29, 0.717) is 13.2 Å². The van der Waals surface area contributed by atoms with Crippen molar-refractivity contribution in [2.45, 2.75) is 376 Å². The summed E-state index contributed by atoms with van der Waals surface area (Å²) in [5, 5.41) is 0. The van der Waals surface area contributed by atoms with E-state index in [1.807, 2.05) is 0 Å². The van der Waals surface area contributed by atoms with Crippen LogP contribution in [-0.2, 0) is 33.2 Å². The first-order valence-corrected chi connectivity index (χ1v) is 33.9. The summed E-state index contributed by atoms with van der Waals surface area (Å²) < 4.78 is 47.8. The topological polar surface area (TPSA) is 64.6 Å². The van der Waals surface area contributed by atoms with Gasteiger partial charge < -0.3 is 33.2 Å². The second-order valence-corrected chi connectivity index (χ2v) is 22.5. The minimum absolute atomic E-state index is 0.142. The van der Waals surface area contributed by atoms with Gasteiger partial charge in [0.2, 0.25) is 0 Å². The molecule has 75 heavy (non-hydrogen) atoms. The van der Waals surface area contributed by atoms with E-state index in [-0.39, 0.29) is 25.8 Å². The van der Waals surface area contributed by atoms with Gasteiger partial charge in [0.05, 0.1) is 26.4 Å². The van der Waals surface area contributed by atoms with Gasteiger partial charge in [-0.1, -0.05) is 299 Å². The van der Waals surface area contributed by atoms with Gasteiger partial charge in [-0.25, -0.2) is 0 Å². The zero-order valence-electron chi connectivity index (χ0n) is 52.2. The lowest BCUT2D eigenvalue weighted by Gasteiger charge is -2.26. The summed E-state index contributed by atoms with van der Waals surface area (Å²) in [5.74, 6) is 3.92. The third-order valence-corrected chi connectivity index (χ3v) is 15.1. The Morgan fingerprint density at radius 2 is 0.467 bits per heavy atom. The summed E-state index contributed by atoms with van der Waals surface area (Å²) in [4.78, 5) is 0. The molecule has 2 atom stereocenters. The Morgan fingerprint density at radius 3 is 0.747 bits per heavy atom. The fourth-order valence-electron chi connectivity index (χ4n) is 10.0. The number of hydrogen-bond donors (Lipinski definition) is 0. The third-order valence-electron chi connectivity index (χ3n) is 15.1. The molecule has 0 heterocycles. The highest BCUT2D eigenvalue weighted by atomic mass is 16.7. The molecule has 0 aliphatic carbocycles. The van der Waals surface area contributed by atoms with Crippen LogP contribution in [0.5, 0.6) is 0 Å². The van der Waals surface area contributed by atoms with Crippen LogP contribution in [0.1, 0.15) is 364 Å². The van der Waals surface area contributed by atoms with E-state index in [9.17, 15) is 0 Å². The minimum Gasteiger partial charge on any atom is -0.494 e. The molecule has 7 heteroatoms. The van der Waals surface area contributed by atoms with Crippen molar-refractivity contribution in [2.24, 2.45) is 0 Å². The minimum atomic E-state index is -0.220. The molecule has 0 rings (SSSR count). The SMILES string of the molecule is CCCCCCCCCOC(CCCCC)=C(OCCCCCCCCC)C(CCCCCCC)OCOCOC(CCCCCCC)C(OCCCCCCCCC)=C(CCCCC)OCCCCCCCCC. The normalized spacial score (nSPS) is 13.2. The van der Waals surface area contributed by atoms with Crippen LogP contribution in [0, 0.1) is 0 Å². The van der Waals surface area contributed by atoms with E-state index >= 15 is 0 Å². The number of rotatable bonds is 64. The second kappa shape index (κ2) is 61.8. The van der Waals surface area contributed by atoms with Gasteiger partial charge in [-0.15, -0.1) is 0 Å². The van der Waals surface area contributed by atoms with Crippen LogP contribution in [0.15, 0.2) is 23.0 Å². The first-order chi connectivity index (χ1) is 37.1. The van der Waals surface area contributed by atoms with Crippen LogP contribution in [0.3, 0.4) is 0 Å². The number of allylic oxidation sites excluding steroid dienone is 2. The summed E-state index contributed by atoms with van der Waals surface area (Å²) in [7, 11) is 0. The lowest BCUT2D eigenvalue weighted by molar-refractivity contribution is -0.167. The van der Waals surface area contributed by atoms with Crippen molar-refractivity contribution in [3.63, 3.8) is 0 Å². The van der Waals surface area contributed by atoms with E-state index in [4.69, 9.17) is 33.2 Å². The molecular formula is C68H134O7. The van der Waals surface area contributed by atoms with Gasteiger partial charge in [0.1, 0.15) is 23.7 Å². The zero-order chi connectivity index (χ0) is 54.6. The average Bonchev–Trinajstić information content (AvgIpc) is 3.42. The quantitative estimate of drug-likeness (QED) is 0.0342. The van der Waals surface area contributed by atoms with E-state index < -0.39 is 0 Å². The Kier molecular flexibility index (Phi) is 60.6. The first kappa shape index (κ1) is 73.6. The molecular weight excluding hydrogens is 929 g/mol. The fraction of sp³-hybridized carbons (Fsp3) is 0.941. The molecule has 0 saturated heterocycles. The molecule has 0 aliphatic rings. The maximum Gasteiger partial charge on any atom is 0.162 e. The molecule has 0 radical (unpaired) electrons. The van der Waals surface area contributed by atoms with E-state index in [1.165, 1.54) is 231 Å². The number of ether oxygens (including phenoxy) is 7. The average molecular weight is 1060 g/mol. The number of hydrogen-bond acceptors (Lipinski definition) is 7. The summed E-state index contributed by atoms with van der Waals surface area (Å²) in [6, 6.07) is 0. The fourth-order valence-corrected chi connectivity index (χ4v) is 10.0. The lowest BCUT2D eigenvalue weighted by atomic mass is 10.0. The van der Waals surface area contributed by atoms with Gasteiger partial charge in [-0.2, -0.15) is 0 Å². The Labute approximate surface area is 470 Å². The van der Waals surface area contributed by atoms with Gasteiger partial charge >= 0.3 is 0 Å². The maximum atomic E-state index is 6.95. The molecule has 7 nitrogen and oxygen atoms in total. The van der Waals surface area contributed by atoms with Crippen LogP contribution in [0.2, 0.25) is 0 Å². The highest BCUT2D eigenvalue weighted by molar-refractivity contribution is 5.09. The monoisotopic (exact) mass is 1060 g/mol. The van der Waals surface area contributed by atoms with Crippen molar-refractivity contribution in [1.29, 1.82) is 0 Å². The molecule has 0 aromatic rings. The van der Waals surface area contributed by atoms with Gasteiger partial charge in [-0.05, 0) is 51.4 Å². The third kappa shape index (κ3) is 48.2. The number of unbranched alkanes of at least 4 members (excludes halogenated alkanes) is 36. The molecule has 0 aromatic heterocycles. The van der Waals surface area contributed by atoms with Crippen molar-refractivity contribution in [3.8, 4) is 0 Å². The Bertz CT molecular complexity index is 1080. The van der Waals surface area contributed by atoms with Crippen LogP contribution in [0.25, 0.3) is 0 Å². The Morgan fingerprint density at radius 1 is 0.240 bits per heavy atom. The van der Waals surface area contributed by atoms with Gasteiger partial charge in [0.15, 0.2) is 25.1 Å². The largest absolute Gasteiger partial charge is 0.494 e. The second-order valence-electron chi connectivity index (χ2n) is 22.5. The summed E-state index contributed by atoms with van der Waals surface area (Å²) in [5.41, 5.74) is 0. The van der Waals surface area contributed by atoms with Crippen molar-refractivity contribution >= 4 is 0 Å². The van der Waals surface area contributed by atoms with Crippen LogP contribution >= 0.6 is 0 Å². The van der Waals surface area contributed by atoms with Crippen LogP contribution < -0.4 is 0 Å². The zero-order valence-corrected chi connectivity index (χ0v) is 52.2. The predicted octanol–water partition coefficient (Wildman–Crippen LogP) is 23.1. The molecule has 0 fully saturated rings. The Hall–Kier alpha value is -1.44. The smallest absolute Gasteiger partial charge is 0.162 e. The van der Waals surface area contributed by atoms with E-state index in [0.717, 1.165) is 113 Å². The van der Waals surface area contributed by atoms with Gasteiger partial charge in [0.25, 0.3) is 0 Å². The standard InChI is InChI=1S/C68H134O7/c1-9-17-25-31-35-41-49-57-70-63(53-45-23-15-7)67(72-59-51-43-37-33-27-19-11-3)65(55-47-39-29-21-13-5)74-61-69-62-75-66(56-48-40-30-22-14-6)68(73-60-52-44-38-34-28-20-12-4)64(54-46-24-16-8)71-58-50-42-36-32-26-18-10-2/h65-66H,9-62H2,1-8H3. The summed E-state index contributed by atoms with van der Waals surface area (Å²) >= 11 is 0. The summed E-state index contributed by atoms with van der Waals surface area (Å²) in [6.07, 6.45) is 57.6. The summed E-state index contributed by atoms with van der Waals surface area (Å²) in [6.45, 7) is 21.5. The molecule has 0 amide bonds. The molecule has 0 aliphatic heterocycles. The first-order valence-electron chi connectivity index (χ1n) is 33.9. The van der Waals surface area contributed by atoms with E-state index in [1.54, 1.807) is 0 Å². The molecule has 0 aromatic carbocycles. The molecule has 0 spiro atoms. The highest BCUT2D eigenvalue weighted by Gasteiger charge is 2.25. The van der Waals surface area contributed by atoms with Gasteiger partial charge in [-0.3, -0.25) is 0 Å². The predicted molar refractivity (Wildman–Crippen MR) is 325 cm³/mol. The van der Waals surface area contributed by atoms with Crippen molar-refractivity contribution in [1.82, 2.24) is 0 Å².